The lowest BCUT2D eigenvalue weighted by Gasteiger charge is -2.32. The van der Waals surface area contributed by atoms with Crippen LogP contribution < -0.4 is 15.5 Å². The molecule has 1 aromatic carbocycles. The van der Waals surface area contributed by atoms with Crippen LogP contribution in [0, 0.1) is 5.92 Å². The minimum atomic E-state index is -0.379. The number of piperidine rings is 1. The molecule has 9 nitrogen and oxygen atoms in total. The molecule has 3 N–H and O–H groups in total. The molecule has 2 aliphatic rings. The fraction of sp³-hybridized carbons (Fsp3) is 0.292. The molecule has 4 heterocycles. The molecular formula is C24H25N7O2S. The molecule has 2 saturated heterocycles. The van der Waals surface area contributed by atoms with E-state index in [-0.39, 0.29) is 11.1 Å². The molecule has 5 rings (SSSR count). The second-order valence-corrected chi connectivity index (χ2v) is 9.34. The van der Waals surface area contributed by atoms with Gasteiger partial charge in [0.25, 0.3) is 11.1 Å². The van der Waals surface area contributed by atoms with Gasteiger partial charge in [-0.3, -0.25) is 20.0 Å². The highest BCUT2D eigenvalue weighted by molar-refractivity contribution is 8.18. The average Bonchev–Trinajstić information content (AvgIpc) is 3.50. The highest BCUT2D eigenvalue weighted by atomic mass is 32.2. The third kappa shape index (κ3) is 5.18. The summed E-state index contributed by atoms with van der Waals surface area (Å²) in [5.41, 5.74) is 4.07. The Hall–Kier alpha value is -3.50. The number of aromatic amines is 1. The molecule has 0 atom stereocenters. The summed E-state index contributed by atoms with van der Waals surface area (Å²) in [4.78, 5) is 34.7. The van der Waals surface area contributed by atoms with Crippen LogP contribution in [0.5, 0.6) is 0 Å². The van der Waals surface area contributed by atoms with Gasteiger partial charge in [0.2, 0.25) is 5.95 Å². The van der Waals surface area contributed by atoms with Crippen LogP contribution in [0.1, 0.15) is 24.1 Å². The molecule has 0 aliphatic carbocycles. The molecule has 0 spiro atoms. The highest BCUT2D eigenvalue weighted by Gasteiger charge is 2.25. The molecule has 2 fully saturated rings. The molecule has 10 heteroatoms. The number of H-pyrrole nitrogens is 1. The van der Waals surface area contributed by atoms with E-state index in [0.29, 0.717) is 22.5 Å². The van der Waals surface area contributed by atoms with Gasteiger partial charge in [-0.05, 0) is 60.8 Å². The molecule has 2 aliphatic heterocycles. The summed E-state index contributed by atoms with van der Waals surface area (Å²) in [6, 6.07) is 12.1. The summed E-state index contributed by atoms with van der Waals surface area (Å²) in [7, 11) is 0. The standard InChI is InChI=1S/C24H25N7O2S/c32-22-21(34-24(33)29-22)13-18-5-9-26-23(28-18)31-11-7-16(8-12-31)14-25-15-17-3-1-2-4-19(17)20-6-10-27-30-20/h1-6,9-10,13,16,25H,7-8,11-12,14-15H2,(H,27,30)(H,29,32,33)/b21-13-. The fourth-order valence-corrected chi connectivity index (χ4v) is 4.91. The molecule has 34 heavy (non-hydrogen) atoms. The summed E-state index contributed by atoms with van der Waals surface area (Å²) < 4.78 is 0. The van der Waals surface area contributed by atoms with Crippen molar-refractivity contribution in [1.29, 1.82) is 0 Å². The van der Waals surface area contributed by atoms with Crippen molar-refractivity contribution in [2.24, 2.45) is 5.92 Å². The van der Waals surface area contributed by atoms with E-state index in [4.69, 9.17) is 0 Å². The number of hydrogen-bond donors (Lipinski definition) is 3. The number of nitrogens with zero attached hydrogens (tertiary/aromatic N) is 4. The van der Waals surface area contributed by atoms with Gasteiger partial charge in [-0.25, -0.2) is 9.97 Å². The van der Waals surface area contributed by atoms with Crippen molar-refractivity contribution in [2.45, 2.75) is 19.4 Å². The van der Waals surface area contributed by atoms with E-state index in [1.165, 1.54) is 11.1 Å². The first kappa shape index (κ1) is 22.3. The lowest BCUT2D eigenvalue weighted by atomic mass is 9.96. The van der Waals surface area contributed by atoms with E-state index in [0.717, 1.165) is 56.5 Å². The first-order chi connectivity index (χ1) is 16.7. The fourth-order valence-electron chi connectivity index (χ4n) is 4.24. The third-order valence-corrected chi connectivity index (χ3v) is 6.85. The van der Waals surface area contributed by atoms with Crippen LogP contribution in [0.25, 0.3) is 17.3 Å². The number of thioether (sulfide) groups is 1. The van der Waals surface area contributed by atoms with Crippen molar-refractivity contribution in [3.63, 3.8) is 0 Å². The van der Waals surface area contributed by atoms with Crippen LogP contribution in [0.4, 0.5) is 10.7 Å². The Bertz CT molecular complexity index is 1200. The van der Waals surface area contributed by atoms with E-state index in [1.54, 1.807) is 24.5 Å². The van der Waals surface area contributed by atoms with Crippen LogP contribution >= 0.6 is 11.8 Å². The minimum Gasteiger partial charge on any atom is -0.341 e. The number of imide groups is 1. The van der Waals surface area contributed by atoms with Gasteiger partial charge in [0.15, 0.2) is 0 Å². The summed E-state index contributed by atoms with van der Waals surface area (Å²) in [5.74, 6) is 0.866. The molecule has 174 valence electrons. The smallest absolute Gasteiger partial charge is 0.290 e. The largest absolute Gasteiger partial charge is 0.341 e. The molecule has 3 aromatic rings. The summed E-state index contributed by atoms with van der Waals surface area (Å²) in [5, 5.41) is 12.6. The van der Waals surface area contributed by atoms with Gasteiger partial charge >= 0.3 is 0 Å². The summed E-state index contributed by atoms with van der Waals surface area (Å²) in [6.07, 6.45) is 7.20. The normalized spacial score (nSPS) is 18.0. The molecule has 0 unspecified atom stereocenters. The van der Waals surface area contributed by atoms with E-state index in [1.807, 2.05) is 12.1 Å². The molecule has 0 saturated carbocycles. The van der Waals surface area contributed by atoms with E-state index in [2.05, 4.69) is 53.9 Å². The van der Waals surface area contributed by atoms with Crippen LogP contribution in [0.3, 0.4) is 0 Å². The Kier molecular flexibility index (Phi) is 6.68. The van der Waals surface area contributed by atoms with Crippen molar-refractivity contribution in [2.75, 3.05) is 24.5 Å². The molecule has 2 amide bonds. The number of carbonyl (C=O) groups is 2. The number of hydrogen-bond acceptors (Lipinski definition) is 8. The molecule has 0 bridgehead atoms. The zero-order valence-corrected chi connectivity index (χ0v) is 19.3. The maximum atomic E-state index is 11.8. The highest BCUT2D eigenvalue weighted by Crippen LogP contribution is 2.26. The van der Waals surface area contributed by atoms with Gasteiger partial charge in [0.1, 0.15) is 0 Å². The van der Waals surface area contributed by atoms with Crippen molar-refractivity contribution in [1.82, 2.24) is 30.8 Å². The van der Waals surface area contributed by atoms with Crippen LogP contribution in [0.2, 0.25) is 0 Å². The second-order valence-electron chi connectivity index (χ2n) is 8.32. The Morgan fingerprint density at radius 1 is 1.12 bits per heavy atom. The van der Waals surface area contributed by atoms with Crippen LogP contribution in [-0.2, 0) is 11.3 Å². The Balaban J connectivity index is 1.13. The van der Waals surface area contributed by atoms with Crippen molar-refractivity contribution < 1.29 is 9.59 Å². The van der Waals surface area contributed by atoms with E-state index in [9.17, 15) is 9.59 Å². The molecule has 2 aromatic heterocycles. The van der Waals surface area contributed by atoms with Crippen LogP contribution in [0.15, 0.2) is 53.7 Å². The lowest BCUT2D eigenvalue weighted by Crippen LogP contribution is -2.38. The Morgan fingerprint density at radius 3 is 2.74 bits per heavy atom. The number of benzene rings is 1. The Labute approximate surface area is 201 Å². The molecule has 0 radical (unpaired) electrons. The average molecular weight is 476 g/mol. The number of rotatable bonds is 7. The van der Waals surface area contributed by atoms with Crippen LogP contribution in [-0.4, -0.2) is 50.9 Å². The summed E-state index contributed by atoms with van der Waals surface area (Å²) >= 11 is 0.892. The molecular weight excluding hydrogens is 450 g/mol. The van der Waals surface area contributed by atoms with Crippen molar-refractivity contribution in [3.8, 4) is 11.3 Å². The number of carbonyl (C=O) groups excluding carboxylic acids is 2. The maximum Gasteiger partial charge on any atom is 0.290 e. The minimum absolute atomic E-state index is 0.355. The van der Waals surface area contributed by atoms with Gasteiger partial charge in [-0.1, -0.05) is 24.3 Å². The SMILES string of the molecule is O=C1NC(=O)/C(=C/c2ccnc(N3CCC(CNCc4ccccc4-c4ccn[nH]4)CC3)n2)S1. The number of nitrogens with one attached hydrogen (secondary N) is 3. The van der Waals surface area contributed by atoms with E-state index >= 15 is 0 Å². The van der Waals surface area contributed by atoms with Gasteiger partial charge in [0.05, 0.1) is 16.3 Å². The van der Waals surface area contributed by atoms with Gasteiger partial charge in [0, 0.05) is 37.6 Å². The number of amides is 2. The predicted octanol–water partition coefficient (Wildman–Crippen LogP) is 3.20. The predicted molar refractivity (Wildman–Crippen MR) is 132 cm³/mol. The first-order valence-electron chi connectivity index (χ1n) is 11.3. The third-order valence-electron chi connectivity index (χ3n) is 6.04. The monoisotopic (exact) mass is 475 g/mol. The maximum absolute atomic E-state index is 11.8. The first-order valence-corrected chi connectivity index (χ1v) is 12.1. The topological polar surface area (TPSA) is 116 Å². The lowest BCUT2D eigenvalue weighted by molar-refractivity contribution is -0.115. The van der Waals surface area contributed by atoms with Crippen molar-refractivity contribution in [3.05, 3.63) is 65.0 Å². The van der Waals surface area contributed by atoms with Gasteiger partial charge in [-0.15, -0.1) is 0 Å². The zero-order valence-electron chi connectivity index (χ0n) is 18.5. The second kappa shape index (κ2) is 10.2. The number of anilines is 1. The number of aromatic nitrogens is 4. The van der Waals surface area contributed by atoms with E-state index < -0.39 is 0 Å². The zero-order chi connectivity index (χ0) is 23.3. The Morgan fingerprint density at radius 2 is 1.97 bits per heavy atom. The van der Waals surface area contributed by atoms with Gasteiger partial charge < -0.3 is 10.2 Å². The van der Waals surface area contributed by atoms with Crippen molar-refractivity contribution >= 4 is 34.9 Å². The van der Waals surface area contributed by atoms with Gasteiger partial charge in [-0.2, -0.15) is 5.10 Å². The quantitative estimate of drug-likeness (QED) is 0.446. The summed E-state index contributed by atoms with van der Waals surface area (Å²) in [6.45, 7) is 3.53.